The molecular weight excluding hydrogens is 306 g/mol. The number of sulfonamides is 1. The zero-order chi connectivity index (χ0) is 13.9. The molecule has 19 heavy (non-hydrogen) atoms. The molecule has 1 heterocycles. The van der Waals surface area contributed by atoms with Crippen LogP contribution in [0.1, 0.15) is 6.42 Å². The van der Waals surface area contributed by atoms with Crippen LogP contribution in [0.4, 0.5) is 0 Å². The van der Waals surface area contributed by atoms with Gasteiger partial charge in [0.25, 0.3) is 0 Å². The Morgan fingerprint density at radius 3 is 2.79 bits per heavy atom. The van der Waals surface area contributed by atoms with Gasteiger partial charge in [0, 0.05) is 19.4 Å². The van der Waals surface area contributed by atoms with E-state index in [1.54, 1.807) is 37.1 Å². The molecule has 2 rings (SSSR count). The van der Waals surface area contributed by atoms with Crippen LogP contribution in [0.25, 0.3) is 0 Å². The molecule has 0 radical (unpaired) electrons. The van der Waals surface area contributed by atoms with E-state index in [1.807, 2.05) is 0 Å². The third-order valence-electron chi connectivity index (χ3n) is 3.21. The highest BCUT2D eigenvalue weighted by atomic mass is 35.5. The number of methoxy groups -OCH3 is 1. The first-order valence-electron chi connectivity index (χ1n) is 5.86. The topological polar surface area (TPSA) is 55.4 Å². The number of rotatable bonds is 5. The SMILES string of the molecule is CO[C@@]1(CNS(=O)(=O)c2ccccc2Cl)CCSC1. The molecule has 1 fully saturated rings. The second kappa shape index (κ2) is 6.01. The quantitative estimate of drug-likeness (QED) is 0.902. The van der Waals surface area contributed by atoms with Gasteiger partial charge in [-0.05, 0) is 24.3 Å². The Balaban J connectivity index is 2.12. The van der Waals surface area contributed by atoms with Gasteiger partial charge < -0.3 is 4.74 Å². The van der Waals surface area contributed by atoms with Gasteiger partial charge in [-0.15, -0.1) is 0 Å². The normalized spacial score (nSPS) is 23.7. The van der Waals surface area contributed by atoms with Crippen LogP contribution in [0.5, 0.6) is 0 Å². The second-order valence-corrected chi connectivity index (χ2v) is 7.69. The Kier molecular flexibility index (Phi) is 4.79. The monoisotopic (exact) mass is 321 g/mol. The second-order valence-electron chi connectivity index (χ2n) is 4.44. The Bertz CT molecular complexity index is 542. The summed E-state index contributed by atoms with van der Waals surface area (Å²) >= 11 is 7.69. The Morgan fingerprint density at radius 1 is 1.47 bits per heavy atom. The van der Waals surface area contributed by atoms with Crippen LogP contribution in [0.3, 0.4) is 0 Å². The first kappa shape index (κ1) is 15.1. The van der Waals surface area contributed by atoms with Gasteiger partial charge in [-0.25, -0.2) is 13.1 Å². The summed E-state index contributed by atoms with van der Waals surface area (Å²) in [6.45, 7) is 0.268. The van der Waals surface area contributed by atoms with Crippen molar-refractivity contribution in [1.82, 2.24) is 4.72 Å². The standard InChI is InChI=1S/C12H16ClNO3S2/c1-17-12(6-7-18-9-12)8-14-19(15,16)11-5-3-2-4-10(11)13/h2-5,14H,6-9H2,1H3/t12-/m1/s1. The van der Waals surface area contributed by atoms with Crippen molar-refractivity contribution in [3.05, 3.63) is 29.3 Å². The van der Waals surface area contributed by atoms with Crippen molar-refractivity contribution in [3.63, 3.8) is 0 Å². The minimum atomic E-state index is -3.60. The van der Waals surface area contributed by atoms with Crippen LogP contribution in [0, 0.1) is 0 Å². The van der Waals surface area contributed by atoms with Crippen molar-refractivity contribution in [2.45, 2.75) is 16.9 Å². The van der Waals surface area contributed by atoms with E-state index in [9.17, 15) is 8.42 Å². The van der Waals surface area contributed by atoms with Crippen LogP contribution >= 0.6 is 23.4 Å². The maximum absolute atomic E-state index is 12.2. The van der Waals surface area contributed by atoms with Gasteiger partial charge in [-0.1, -0.05) is 23.7 Å². The summed E-state index contributed by atoms with van der Waals surface area (Å²) in [5.74, 6) is 1.79. The molecule has 0 aromatic heterocycles. The summed E-state index contributed by atoms with van der Waals surface area (Å²) in [6, 6.07) is 6.41. The first-order valence-corrected chi connectivity index (χ1v) is 8.88. The van der Waals surface area contributed by atoms with E-state index in [2.05, 4.69) is 4.72 Å². The summed E-state index contributed by atoms with van der Waals surface area (Å²) in [5, 5.41) is 0.224. The summed E-state index contributed by atoms with van der Waals surface area (Å²) in [4.78, 5) is 0.105. The molecule has 0 amide bonds. The van der Waals surface area contributed by atoms with Crippen LogP contribution < -0.4 is 4.72 Å². The molecule has 1 aliphatic heterocycles. The Morgan fingerprint density at radius 2 is 2.21 bits per heavy atom. The van der Waals surface area contributed by atoms with E-state index in [4.69, 9.17) is 16.3 Å². The molecule has 1 saturated heterocycles. The zero-order valence-electron chi connectivity index (χ0n) is 10.6. The van der Waals surface area contributed by atoms with Crippen molar-refractivity contribution in [2.75, 3.05) is 25.2 Å². The van der Waals surface area contributed by atoms with Gasteiger partial charge in [0.05, 0.1) is 10.6 Å². The van der Waals surface area contributed by atoms with Gasteiger partial charge in [-0.2, -0.15) is 11.8 Å². The highest BCUT2D eigenvalue weighted by Crippen LogP contribution is 2.31. The van der Waals surface area contributed by atoms with E-state index >= 15 is 0 Å². The molecule has 7 heteroatoms. The molecule has 0 bridgehead atoms. The van der Waals surface area contributed by atoms with E-state index in [1.165, 1.54) is 6.07 Å². The van der Waals surface area contributed by atoms with Gasteiger partial charge in [0.2, 0.25) is 10.0 Å². The van der Waals surface area contributed by atoms with E-state index < -0.39 is 15.6 Å². The molecule has 1 aromatic rings. The first-order chi connectivity index (χ1) is 8.99. The maximum atomic E-state index is 12.2. The number of hydrogen-bond acceptors (Lipinski definition) is 4. The largest absolute Gasteiger partial charge is 0.376 e. The summed E-state index contributed by atoms with van der Waals surface area (Å²) in [6.07, 6.45) is 0.846. The van der Waals surface area contributed by atoms with E-state index in [0.29, 0.717) is 0 Å². The molecule has 0 aliphatic carbocycles. The third kappa shape index (κ3) is 3.44. The fraction of sp³-hybridized carbons (Fsp3) is 0.500. The molecular formula is C12H16ClNO3S2. The van der Waals surface area contributed by atoms with Crippen molar-refractivity contribution in [3.8, 4) is 0 Å². The highest BCUT2D eigenvalue weighted by Gasteiger charge is 2.35. The number of nitrogens with one attached hydrogen (secondary N) is 1. The van der Waals surface area contributed by atoms with Crippen LogP contribution in [-0.4, -0.2) is 39.2 Å². The number of hydrogen-bond donors (Lipinski definition) is 1. The third-order valence-corrected chi connectivity index (χ3v) is 6.33. The molecule has 4 nitrogen and oxygen atoms in total. The van der Waals surface area contributed by atoms with Crippen LogP contribution in [0.15, 0.2) is 29.2 Å². The van der Waals surface area contributed by atoms with E-state index in [-0.39, 0.29) is 16.5 Å². The predicted molar refractivity (Wildman–Crippen MR) is 78.3 cm³/mol. The van der Waals surface area contributed by atoms with Gasteiger partial charge in [0.15, 0.2) is 0 Å². The molecule has 0 spiro atoms. The lowest BCUT2D eigenvalue weighted by Crippen LogP contribution is -2.44. The van der Waals surface area contributed by atoms with Gasteiger partial charge in [-0.3, -0.25) is 0 Å². The number of thioether (sulfide) groups is 1. The van der Waals surface area contributed by atoms with Gasteiger partial charge >= 0.3 is 0 Å². The summed E-state index contributed by atoms with van der Waals surface area (Å²) < 4.78 is 32.5. The molecule has 0 saturated carbocycles. The van der Waals surface area contributed by atoms with Crippen molar-refractivity contribution < 1.29 is 13.2 Å². The minimum absolute atomic E-state index is 0.105. The predicted octanol–water partition coefficient (Wildman–Crippen LogP) is 2.14. The molecule has 1 aliphatic rings. The molecule has 1 N–H and O–H groups in total. The van der Waals surface area contributed by atoms with Crippen molar-refractivity contribution in [2.24, 2.45) is 0 Å². The maximum Gasteiger partial charge on any atom is 0.242 e. The number of ether oxygens (including phenoxy) is 1. The molecule has 106 valence electrons. The fourth-order valence-corrected chi connectivity index (χ4v) is 4.96. The Labute approximate surface area is 122 Å². The summed E-state index contributed by atoms with van der Waals surface area (Å²) in [5.41, 5.74) is -0.404. The lowest BCUT2D eigenvalue weighted by Gasteiger charge is -2.26. The lowest BCUT2D eigenvalue weighted by molar-refractivity contribution is 0.0179. The smallest absolute Gasteiger partial charge is 0.242 e. The summed E-state index contributed by atoms with van der Waals surface area (Å²) in [7, 11) is -1.98. The molecule has 1 atom stereocenters. The van der Waals surface area contributed by atoms with E-state index in [0.717, 1.165) is 17.9 Å². The molecule has 0 unspecified atom stereocenters. The lowest BCUT2D eigenvalue weighted by atomic mass is 10.0. The van der Waals surface area contributed by atoms with Crippen LogP contribution in [-0.2, 0) is 14.8 Å². The Hall–Kier alpha value is -0.270. The number of benzene rings is 1. The average Bonchev–Trinajstić information content (AvgIpc) is 2.86. The van der Waals surface area contributed by atoms with Crippen molar-refractivity contribution in [1.29, 1.82) is 0 Å². The van der Waals surface area contributed by atoms with Gasteiger partial charge in [0.1, 0.15) is 4.90 Å². The number of halogens is 1. The highest BCUT2D eigenvalue weighted by molar-refractivity contribution is 7.99. The van der Waals surface area contributed by atoms with Crippen LogP contribution in [0.2, 0.25) is 5.02 Å². The minimum Gasteiger partial charge on any atom is -0.376 e. The average molecular weight is 322 g/mol. The van der Waals surface area contributed by atoms with Crippen molar-refractivity contribution >= 4 is 33.4 Å². The fourth-order valence-electron chi connectivity index (χ4n) is 1.93. The molecule has 1 aromatic carbocycles. The zero-order valence-corrected chi connectivity index (χ0v) is 12.9.